The number of nitrogens with zero attached hydrogens (tertiary/aromatic N) is 2. The van der Waals surface area contributed by atoms with Crippen molar-refractivity contribution < 1.29 is 9.21 Å². The Hall–Kier alpha value is -2.60. The number of anilines is 1. The summed E-state index contributed by atoms with van der Waals surface area (Å²) in [5, 5.41) is 11.2. The third-order valence-corrected chi connectivity index (χ3v) is 5.30. The minimum atomic E-state index is -0.364. The van der Waals surface area contributed by atoms with E-state index in [1.807, 2.05) is 57.2 Å². The number of amides is 1. The third kappa shape index (κ3) is 5.01. The minimum absolute atomic E-state index is 0.103. The molecule has 6 heteroatoms. The van der Waals surface area contributed by atoms with E-state index in [0.29, 0.717) is 17.0 Å². The lowest BCUT2D eigenvalue weighted by atomic mass is 10.0. The van der Waals surface area contributed by atoms with Crippen molar-refractivity contribution in [1.29, 1.82) is 0 Å². The normalized spacial score (nSPS) is 12.2. The van der Waals surface area contributed by atoms with Crippen LogP contribution in [0.1, 0.15) is 43.4 Å². The summed E-state index contributed by atoms with van der Waals surface area (Å²) in [5.74, 6) is 0.822. The molecule has 0 bridgehead atoms. The van der Waals surface area contributed by atoms with E-state index in [9.17, 15) is 4.79 Å². The number of aromatic nitrogens is 2. The number of thioether (sulfide) groups is 1. The van der Waals surface area contributed by atoms with Crippen molar-refractivity contribution in [2.75, 3.05) is 5.32 Å². The Bertz CT molecular complexity index is 944. The molecule has 0 aliphatic heterocycles. The molecule has 0 aliphatic carbocycles. The first-order chi connectivity index (χ1) is 13.3. The lowest BCUT2D eigenvalue weighted by Crippen LogP contribution is -2.22. The fraction of sp³-hybridized carbons (Fsp3) is 0.318. The second-order valence-corrected chi connectivity index (χ2v) is 8.57. The van der Waals surface area contributed by atoms with Crippen LogP contribution in [0.4, 0.5) is 5.69 Å². The van der Waals surface area contributed by atoms with Crippen molar-refractivity contribution in [2.24, 2.45) is 0 Å². The van der Waals surface area contributed by atoms with E-state index in [2.05, 4.69) is 35.4 Å². The van der Waals surface area contributed by atoms with Crippen LogP contribution in [0.25, 0.3) is 11.5 Å². The molecule has 1 N–H and O–H groups in total. The lowest BCUT2D eigenvalue weighted by Gasteiger charge is -2.11. The van der Waals surface area contributed by atoms with Gasteiger partial charge >= 0.3 is 0 Å². The molecule has 0 saturated heterocycles. The highest BCUT2D eigenvalue weighted by atomic mass is 32.2. The van der Waals surface area contributed by atoms with E-state index in [4.69, 9.17) is 4.42 Å². The van der Waals surface area contributed by atoms with Crippen molar-refractivity contribution in [2.45, 2.75) is 51.0 Å². The summed E-state index contributed by atoms with van der Waals surface area (Å²) in [6.45, 7) is 10.2. The molecule has 28 heavy (non-hydrogen) atoms. The summed E-state index contributed by atoms with van der Waals surface area (Å²) < 4.78 is 5.75. The Morgan fingerprint density at radius 3 is 2.25 bits per heavy atom. The van der Waals surface area contributed by atoms with Crippen LogP contribution < -0.4 is 5.32 Å². The van der Waals surface area contributed by atoms with Crippen molar-refractivity contribution in [3.63, 3.8) is 0 Å². The molecule has 1 amide bonds. The van der Waals surface area contributed by atoms with Gasteiger partial charge in [-0.3, -0.25) is 4.79 Å². The summed E-state index contributed by atoms with van der Waals surface area (Å²) in [7, 11) is 0. The van der Waals surface area contributed by atoms with Gasteiger partial charge in [0.1, 0.15) is 0 Å². The molecule has 1 atom stereocenters. The molecular weight excluding hydrogens is 370 g/mol. The van der Waals surface area contributed by atoms with Crippen LogP contribution >= 0.6 is 11.8 Å². The van der Waals surface area contributed by atoms with E-state index in [0.717, 1.165) is 22.4 Å². The number of carbonyl (C=O) groups excluding carboxylic acids is 1. The Morgan fingerprint density at radius 1 is 1.00 bits per heavy atom. The van der Waals surface area contributed by atoms with Crippen molar-refractivity contribution in [3.8, 4) is 11.5 Å². The Kier molecular flexibility index (Phi) is 6.19. The molecular formula is C22H25N3O2S. The van der Waals surface area contributed by atoms with Gasteiger partial charge in [-0.05, 0) is 56.5 Å². The number of carbonyl (C=O) groups is 1. The standard InChI is InChI=1S/C22H25N3O2S/c1-13(2)17-6-8-19(9-7-17)23-20(26)16(5)28-22-25-24-21(27-22)18-11-14(3)10-15(4)12-18/h6-13,16H,1-5H3,(H,23,26)/t16-/m0/s1. The molecule has 0 fully saturated rings. The van der Waals surface area contributed by atoms with Gasteiger partial charge in [0, 0.05) is 11.3 Å². The molecule has 5 nitrogen and oxygen atoms in total. The fourth-order valence-electron chi connectivity index (χ4n) is 2.87. The molecule has 3 aromatic rings. The number of rotatable bonds is 6. The van der Waals surface area contributed by atoms with Gasteiger partial charge in [-0.25, -0.2) is 0 Å². The molecule has 0 aliphatic rings. The van der Waals surface area contributed by atoms with E-state index >= 15 is 0 Å². The van der Waals surface area contributed by atoms with Gasteiger partial charge in [-0.1, -0.05) is 54.9 Å². The second kappa shape index (κ2) is 8.61. The van der Waals surface area contributed by atoms with Crippen LogP contribution in [0.3, 0.4) is 0 Å². The summed E-state index contributed by atoms with van der Waals surface area (Å²) in [4.78, 5) is 12.5. The van der Waals surface area contributed by atoms with Crippen LogP contribution in [-0.2, 0) is 4.79 Å². The first-order valence-electron chi connectivity index (χ1n) is 9.31. The third-order valence-electron chi connectivity index (χ3n) is 4.37. The first-order valence-corrected chi connectivity index (χ1v) is 10.2. The first kappa shape index (κ1) is 20.1. The highest BCUT2D eigenvalue weighted by molar-refractivity contribution is 8.00. The molecule has 3 rings (SSSR count). The number of benzene rings is 2. The van der Waals surface area contributed by atoms with Gasteiger partial charge in [0.25, 0.3) is 5.22 Å². The lowest BCUT2D eigenvalue weighted by molar-refractivity contribution is -0.115. The Labute approximate surface area is 170 Å². The average molecular weight is 396 g/mol. The summed E-state index contributed by atoms with van der Waals surface area (Å²) >= 11 is 1.25. The summed E-state index contributed by atoms with van der Waals surface area (Å²) in [6.07, 6.45) is 0. The smallest absolute Gasteiger partial charge is 0.277 e. The maximum atomic E-state index is 12.5. The van der Waals surface area contributed by atoms with Gasteiger partial charge in [0.05, 0.1) is 5.25 Å². The molecule has 1 aromatic heterocycles. The average Bonchev–Trinajstić information content (AvgIpc) is 3.10. The van der Waals surface area contributed by atoms with Crippen LogP contribution in [-0.4, -0.2) is 21.4 Å². The van der Waals surface area contributed by atoms with Gasteiger partial charge in [-0.2, -0.15) is 0 Å². The SMILES string of the molecule is Cc1cc(C)cc(-c2nnc(S[C@@H](C)C(=O)Nc3ccc(C(C)C)cc3)o2)c1. The van der Waals surface area contributed by atoms with Crippen LogP contribution in [0.15, 0.2) is 52.1 Å². The van der Waals surface area contributed by atoms with E-state index in [-0.39, 0.29) is 11.2 Å². The topological polar surface area (TPSA) is 68.0 Å². The molecule has 146 valence electrons. The largest absolute Gasteiger partial charge is 0.411 e. The predicted molar refractivity (Wildman–Crippen MR) is 114 cm³/mol. The van der Waals surface area contributed by atoms with Gasteiger partial charge in [0.2, 0.25) is 11.8 Å². The van der Waals surface area contributed by atoms with E-state index in [1.54, 1.807) is 0 Å². The zero-order valence-electron chi connectivity index (χ0n) is 16.8. The number of aryl methyl sites for hydroxylation is 2. The molecule has 1 heterocycles. The Morgan fingerprint density at radius 2 is 1.64 bits per heavy atom. The predicted octanol–water partition coefficient (Wildman–Crippen LogP) is 5.60. The fourth-order valence-corrected chi connectivity index (χ4v) is 3.56. The summed E-state index contributed by atoms with van der Waals surface area (Å²) in [5.41, 5.74) is 5.19. The van der Waals surface area contributed by atoms with Gasteiger partial charge in [0.15, 0.2) is 0 Å². The van der Waals surface area contributed by atoms with Gasteiger partial charge < -0.3 is 9.73 Å². The number of nitrogens with one attached hydrogen (secondary N) is 1. The van der Waals surface area contributed by atoms with E-state index in [1.165, 1.54) is 17.3 Å². The molecule has 0 spiro atoms. The van der Waals surface area contributed by atoms with Crippen LogP contribution in [0.5, 0.6) is 0 Å². The van der Waals surface area contributed by atoms with Crippen molar-refractivity contribution in [1.82, 2.24) is 10.2 Å². The van der Waals surface area contributed by atoms with E-state index < -0.39 is 0 Å². The monoisotopic (exact) mass is 395 g/mol. The van der Waals surface area contributed by atoms with Crippen LogP contribution in [0.2, 0.25) is 0 Å². The van der Waals surface area contributed by atoms with Crippen molar-refractivity contribution in [3.05, 3.63) is 59.2 Å². The van der Waals surface area contributed by atoms with Gasteiger partial charge in [-0.15, -0.1) is 10.2 Å². The molecule has 0 unspecified atom stereocenters. The number of hydrogen-bond acceptors (Lipinski definition) is 5. The highest BCUT2D eigenvalue weighted by Crippen LogP contribution is 2.28. The molecule has 0 radical (unpaired) electrons. The molecule has 0 saturated carbocycles. The zero-order chi connectivity index (χ0) is 20.3. The minimum Gasteiger partial charge on any atom is -0.411 e. The Balaban J connectivity index is 1.63. The zero-order valence-corrected chi connectivity index (χ0v) is 17.6. The molecule has 2 aromatic carbocycles. The second-order valence-electron chi connectivity index (χ2n) is 7.28. The summed E-state index contributed by atoms with van der Waals surface area (Å²) in [6, 6.07) is 14.0. The maximum Gasteiger partial charge on any atom is 0.277 e. The van der Waals surface area contributed by atoms with Crippen LogP contribution in [0, 0.1) is 13.8 Å². The quantitative estimate of drug-likeness (QED) is 0.551. The number of hydrogen-bond donors (Lipinski definition) is 1. The maximum absolute atomic E-state index is 12.5. The van der Waals surface area contributed by atoms with Crippen molar-refractivity contribution >= 4 is 23.4 Å². The highest BCUT2D eigenvalue weighted by Gasteiger charge is 2.19.